The molecule has 0 N–H and O–H groups in total. The summed E-state index contributed by atoms with van der Waals surface area (Å²) in [6.07, 6.45) is 1.63. The largest absolute Gasteiger partial charge is 0.424 e. The molecule has 1 atom stereocenters. The van der Waals surface area contributed by atoms with Crippen molar-refractivity contribution in [2.45, 2.75) is 26.2 Å². The molecule has 0 aliphatic rings. The number of halogens is 3. The molecule has 4 nitrogen and oxygen atoms in total. The van der Waals surface area contributed by atoms with Crippen molar-refractivity contribution in [2.24, 2.45) is 7.05 Å². The second kappa shape index (κ2) is 7.47. The molecule has 0 spiro atoms. The van der Waals surface area contributed by atoms with Crippen molar-refractivity contribution in [3.63, 3.8) is 0 Å². The molecule has 7 heteroatoms. The van der Waals surface area contributed by atoms with Crippen LogP contribution in [0, 0.1) is 6.92 Å². The number of carbonyl (C=O) groups is 1. The van der Waals surface area contributed by atoms with Gasteiger partial charge in [0.1, 0.15) is 11.8 Å². The van der Waals surface area contributed by atoms with Gasteiger partial charge in [-0.2, -0.15) is 4.98 Å². The Hall–Kier alpha value is -1.75. The van der Waals surface area contributed by atoms with Crippen LogP contribution in [-0.2, 0) is 11.8 Å². The average molecular weight is 412 g/mol. The zero-order valence-corrected chi connectivity index (χ0v) is 16.8. The molecule has 0 saturated carbocycles. The van der Waals surface area contributed by atoms with Crippen molar-refractivity contribution in [3.8, 4) is 11.8 Å². The van der Waals surface area contributed by atoms with Gasteiger partial charge in [-0.1, -0.05) is 47.8 Å². The molecule has 0 saturated heterocycles. The van der Waals surface area contributed by atoms with Crippen LogP contribution in [0.2, 0.25) is 15.1 Å². The van der Waals surface area contributed by atoms with E-state index in [1.54, 1.807) is 22.8 Å². The zero-order chi connectivity index (χ0) is 19.0. The smallest absolute Gasteiger partial charge is 0.302 e. The first-order valence-corrected chi connectivity index (χ1v) is 9.24. The van der Waals surface area contributed by atoms with Crippen LogP contribution in [0.3, 0.4) is 0 Å². The van der Waals surface area contributed by atoms with E-state index in [1.807, 2.05) is 27.0 Å². The van der Waals surface area contributed by atoms with E-state index in [0.717, 1.165) is 22.9 Å². The molecule has 1 aromatic heterocycles. The van der Waals surface area contributed by atoms with Gasteiger partial charge in [-0.25, -0.2) is 0 Å². The van der Waals surface area contributed by atoms with Crippen molar-refractivity contribution in [3.05, 3.63) is 50.5 Å². The van der Waals surface area contributed by atoms with E-state index in [2.05, 4.69) is 4.98 Å². The number of benzene rings is 2. The van der Waals surface area contributed by atoms with E-state index >= 15 is 0 Å². The summed E-state index contributed by atoms with van der Waals surface area (Å²) >= 11 is 18.6. The van der Waals surface area contributed by atoms with Crippen LogP contribution in [0.5, 0.6) is 11.8 Å². The second-order valence-electron chi connectivity index (χ2n) is 6.07. The SMILES string of the molecule is CCC(C=O)c1ccc(Cl)c2nc(Oc3c(C)cc(Cl)cc3Cl)n(C)c12. The maximum absolute atomic E-state index is 11.5. The van der Waals surface area contributed by atoms with Crippen molar-refractivity contribution in [2.75, 3.05) is 0 Å². The maximum atomic E-state index is 11.5. The molecule has 0 radical (unpaired) electrons. The van der Waals surface area contributed by atoms with E-state index in [9.17, 15) is 4.79 Å². The van der Waals surface area contributed by atoms with E-state index in [1.165, 1.54) is 0 Å². The van der Waals surface area contributed by atoms with Crippen LogP contribution >= 0.6 is 34.8 Å². The first kappa shape index (κ1) is 19.0. The van der Waals surface area contributed by atoms with E-state index in [4.69, 9.17) is 39.5 Å². The van der Waals surface area contributed by atoms with Gasteiger partial charge in [0.05, 0.1) is 15.6 Å². The van der Waals surface area contributed by atoms with Gasteiger partial charge >= 0.3 is 6.01 Å². The molecule has 0 fully saturated rings. The van der Waals surface area contributed by atoms with Gasteiger partial charge in [0.25, 0.3) is 0 Å². The van der Waals surface area contributed by atoms with Crippen LogP contribution in [0.1, 0.15) is 30.4 Å². The number of nitrogens with zero attached hydrogens (tertiary/aromatic N) is 2. The molecule has 0 amide bonds. The number of ether oxygens (including phenoxy) is 1. The Morgan fingerprint density at radius 1 is 1.23 bits per heavy atom. The summed E-state index contributed by atoms with van der Waals surface area (Å²) in [6, 6.07) is 7.33. The fourth-order valence-electron chi connectivity index (χ4n) is 2.99. The Kier molecular flexibility index (Phi) is 5.47. The first-order valence-electron chi connectivity index (χ1n) is 8.11. The Bertz CT molecular complexity index is 975. The van der Waals surface area contributed by atoms with Gasteiger partial charge in [0, 0.05) is 18.0 Å². The average Bonchev–Trinajstić information content (AvgIpc) is 2.92. The molecule has 0 aliphatic heterocycles. The molecular weight excluding hydrogens is 395 g/mol. The van der Waals surface area contributed by atoms with Gasteiger partial charge in [0.15, 0.2) is 5.75 Å². The van der Waals surface area contributed by atoms with Gasteiger partial charge in [-0.3, -0.25) is 4.57 Å². The van der Waals surface area contributed by atoms with Gasteiger partial charge in [0.2, 0.25) is 0 Å². The van der Waals surface area contributed by atoms with E-state index in [0.29, 0.717) is 38.8 Å². The number of aldehydes is 1. The van der Waals surface area contributed by atoms with Crippen LogP contribution in [0.15, 0.2) is 24.3 Å². The summed E-state index contributed by atoms with van der Waals surface area (Å²) in [7, 11) is 1.82. The lowest BCUT2D eigenvalue weighted by atomic mass is 9.96. The number of hydrogen-bond donors (Lipinski definition) is 0. The number of imidazole rings is 1. The standard InChI is InChI=1S/C19H17Cl3N2O2/c1-4-11(9-25)13-5-6-14(21)16-17(13)24(3)19(23-16)26-18-10(2)7-12(20)8-15(18)22/h5-9,11H,4H2,1-3H3. The Morgan fingerprint density at radius 3 is 2.58 bits per heavy atom. The fraction of sp³-hybridized carbons (Fsp3) is 0.263. The van der Waals surface area contributed by atoms with E-state index < -0.39 is 0 Å². The third-order valence-corrected chi connectivity index (χ3v) is 5.16. The quantitative estimate of drug-likeness (QED) is 0.461. The van der Waals surface area contributed by atoms with Crippen molar-refractivity contribution in [1.29, 1.82) is 0 Å². The lowest BCUT2D eigenvalue weighted by Gasteiger charge is -2.13. The van der Waals surface area contributed by atoms with Gasteiger partial charge in [-0.05, 0) is 42.7 Å². The fourth-order valence-corrected chi connectivity index (χ4v) is 3.81. The van der Waals surface area contributed by atoms with Crippen molar-refractivity contribution >= 4 is 52.1 Å². The molecule has 3 aromatic rings. The second-order valence-corrected chi connectivity index (χ2v) is 7.32. The van der Waals surface area contributed by atoms with Crippen LogP contribution in [0.4, 0.5) is 0 Å². The lowest BCUT2D eigenvalue weighted by molar-refractivity contribution is -0.109. The first-order chi connectivity index (χ1) is 12.4. The molecule has 26 heavy (non-hydrogen) atoms. The lowest BCUT2D eigenvalue weighted by Crippen LogP contribution is -2.03. The predicted molar refractivity (Wildman–Crippen MR) is 106 cm³/mol. The highest BCUT2D eigenvalue weighted by atomic mass is 35.5. The topological polar surface area (TPSA) is 44.1 Å². The monoisotopic (exact) mass is 410 g/mol. The van der Waals surface area contributed by atoms with Crippen LogP contribution in [0.25, 0.3) is 11.0 Å². The van der Waals surface area contributed by atoms with Crippen LogP contribution < -0.4 is 4.74 Å². The molecular formula is C19H17Cl3N2O2. The summed E-state index contributed by atoms with van der Waals surface area (Å²) in [4.78, 5) is 16.0. The minimum atomic E-state index is -0.237. The Labute approximate surface area is 166 Å². The summed E-state index contributed by atoms with van der Waals surface area (Å²) in [5, 5.41) is 1.42. The minimum Gasteiger partial charge on any atom is -0.424 e. The summed E-state index contributed by atoms with van der Waals surface area (Å²) in [5.74, 6) is 0.244. The zero-order valence-electron chi connectivity index (χ0n) is 14.5. The predicted octanol–water partition coefficient (Wildman–Crippen LogP) is 6.33. The molecule has 136 valence electrons. The molecule has 1 heterocycles. The number of rotatable bonds is 5. The van der Waals surface area contributed by atoms with Gasteiger partial charge in [-0.15, -0.1) is 0 Å². The third-order valence-electron chi connectivity index (χ3n) is 4.35. The van der Waals surface area contributed by atoms with Crippen LogP contribution in [-0.4, -0.2) is 15.8 Å². The number of aryl methyl sites for hydroxylation is 2. The van der Waals surface area contributed by atoms with Crippen molar-refractivity contribution < 1.29 is 9.53 Å². The normalized spacial score (nSPS) is 12.4. The molecule has 1 unspecified atom stereocenters. The Balaban J connectivity index is 2.17. The highest BCUT2D eigenvalue weighted by Gasteiger charge is 2.21. The Morgan fingerprint density at radius 2 is 1.96 bits per heavy atom. The molecule has 0 bridgehead atoms. The third kappa shape index (κ3) is 3.29. The summed E-state index contributed by atoms with van der Waals surface area (Å²) < 4.78 is 7.77. The number of carbonyl (C=O) groups excluding carboxylic acids is 1. The number of fused-ring (bicyclic) bond motifs is 1. The number of hydrogen-bond acceptors (Lipinski definition) is 3. The highest BCUT2D eigenvalue weighted by Crippen LogP contribution is 2.38. The maximum Gasteiger partial charge on any atom is 0.302 e. The number of aromatic nitrogens is 2. The minimum absolute atomic E-state index is 0.237. The van der Waals surface area contributed by atoms with E-state index in [-0.39, 0.29) is 5.92 Å². The molecule has 0 aliphatic carbocycles. The highest BCUT2D eigenvalue weighted by molar-refractivity contribution is 6.36. The summed E-state index contributed by atoms with van der Waals surface area (Å²) in [5.41, 5.74) is 3.02. The molecule has 2 aromatic carbocycles. The summed E-state index contributed by atoms with van der Waals surface area (Å²) in [6.45, 7) is 3.82. The van der Waals surface area contributed by atoms with Crippen molar-refractivity contribution in [1.82, 2.24) is 9.55 Å². The molecule has 3 rings (SSSR count). The van der Waals surface area contributed by atoms with Gasteiger partial charge < -0.3 is 9.53 Å².